The Labute approximate surface area is 126 Å². The minimum Gasteiger partial charge on any atom is -0.325 e. The van der Waals surface area contributed by atoms with E-state index in [1.807, 2.05) is 0 Å². The van der Waals surface area contributed by atoms with Crippen LogP contribution in [-0.4, -0.2) is 5.54 Å². The molecular formula is C17H25ClFN. The summed E-state index contributed by atoms with van der Waals surface area (Å²) >= 11 is 6.18. The van der Waals surface area contributed by atoms with Gasteiger partial charge in [-0.2, -0.15) is 0 Å². The maximum absolute atomic E-state index is 13.4. The molecule has 1 aromatic carbocycles. The summed E-state index contributed by atoms with van der Waals surface area (Å²) in [7, 11) is 0. The van der Waals surface area contributed by atoms with Crippen molar-refractivity contribution in [1.82, 2.24) is 0 Å². The molecule has 2 N–H and O–H groups in total. The third-order valence-electron chi connectivity index (χ3n) is 4.76. The third kappa shape index (κ3) is 3.95. The van der Waals surface area contributed by atoms with E-state index in [4.69, 9.17) is 17.3 Å². The Hall–Kier alpha value is -0.600. The van der Waals surface area contributed by atoms with E-state index in [2.05, 4.69) is 13.8 Å². The first kappa shape index (κ1) is 15.8. The first-order valence-electron chi connectivity index (χ1n) is 7.62. The van der Waals surface area contributed by atoms with Gasteiger partial charge >= 0.3 is 0 Å². The summed E-state index contributed by atoms with van der Waals surface area (Å²) in [6.45, 7) is 4.58. The maximum Gasteiger partial charge on any atom is 0.123 e. The topological polar surface area (TPSA) is 26.0 Å². The van der Waals surface area contributed by atoms with Crippen molar-refractivity contribution in [3.8, 4) is 0 Å². The Morgan fingerprint density at radius 1 is 1.35 bits per heavy atom. The molecule has 1 nitrogen and oxygen atoms in total. The molecule has 0 heterocycles. The Kier molecular flexibility index (Phi) is 5.09. The van der Waals surface area contributed by atoms with Gasteiger partial charge in [-0.25, -0.2) is 4.39 Å². The van der Waals surface area contributed by atoms with E-state index >= 15 is 0 Å². The Bertz CT molecular complexity index is 460. The predicted octanol–water partition coefficient (Wildman–Crippen LogP) is 4.96. The van der Waals surface area contributed by atoms with Gasteiger partial charge in [0, 0.05) is 10.6 Å². The monoisotopic (exact) mass is 297 g/mol. The van der Waals surface area contributed by atoms with E-state index in [0.29, 0.717) is 11.4 Å². The highest BCUT2D eigenvalue weighted by Crippen LogP contribution is 2.35. The summed E-state index contributed by atoms with van der Waals surface area (Å²) in [6, 6.07) is 4.56. The quantitative estimate of drug-likeness (QED) is 0.784. The fraction of sp³-hybridized carbons (Fsp3) is 0.647. The normalized spacial score (nSPS) is 27.6. The molecule has 20 heavy (non-hydrogen) atoms. The van der Waals surface area contributed by atoms with Crippen LogP contribution in [0.15, 0.2) is 18.2 Å². The summed E-state index contributed by atoms with van der Waals surface area (Å²) in [5.41, 5.74) is 7.20. The van der Waals surface area contributed by atoms with Crippen molar-refractivity contribution in [2.75, 3.05) is 0 Å². The van der Waals surface area contributed by atoms with Gasteiger partial charge in [0.2, 0.25) is 0 Å². The maximum atomic E-state index is 13.4. The Morgan fingerprint density at radius 2 is 2.10 bits per heavy atom. The van der Waals surface area contributed by atoms with Gasteiger partial charge in [0.1, 0.15) is 5.82 Å². The van der Waals surface area contributed by atoms with Crippen LogP contribution in [0.4, 0.5) is 4.39 Å². The molecule has 0 radical (unpaired) electrons. The second-order valence-corrected chi connectivity index (χ2v) is 7.12. The zero-order valence-corrected chi connectivity index (χ0v) is 13.2. The number of halogens is 2. The number of hydrogen-bond acceptors (Lipinski definition) is 1. The van der Waals surface area contributed by atoms with E-state index in [-0.39, 0.29) is 11.4 Å². The second kappa shape index (κ2) is 6.44. The van der Waals surface area contributed by atoms with Gasteiger partial charge in [-0.05, 0) is 61.3 Å². The Balaban J connectivity index is 2.09. The van der Waals surface area contributed by atoms with Gasteiger partial charge in [-0.1, -0.05) is 38.3 Å². The van der Waals surface area contributed by atoms with Crippen molar-refractivity contribution in [2.24, 2.45) is 17.6 Å². The zero-order chi connectivity index (χ0) is 14.8. The molecule has 0 amide bonds. The average Bonchev–Trinajstić information content (AvgIpc) is 2.56. The van der Waals surface area contributed by atoms with E-state index < -0.39 is 0 Å². The smallest absolute Gasteiger partial charge is 0.123 e. The second-order valence-electron chi connectivity index (χ2n) is 6.71. The van der Waals surface area contributed by atoms with Gasteiger partial charge in [0.05, 0.1) is 0 Å². The van der Waals surface area contributed by atoms with Crippen LogP contribution >= 0.6 is 11.6 Å². The number of benzene rings is 1. The van der Waals surface area contributed by atoms with Crippen LogP contribution in [-0.2, 0) is 6.42 Å². The largest absolute Gasteiger partial charge is 0.325 e. The molecule has 112 valence electrons. The minimum absolute atomic E-state index is 0.235. The first-order valence-corrected chi connectivity index (χ1v) is 8.00. The molecule has 1 aliphatic carbocycles. The summed E-state index contributed by atoms with van der Waals surface area (Å²) < 4.78 is 13.4. The SMILES string of the molecule is CC(C)C1CCCC(N)(Cc2cc(F)ccc2Cl)CC1. The van der Waals surface area contributed by atoms with E-state index in [0.717, 1.165) is 36.7 Å². The summed E-state index contributed by atoms with van der Waals surface area (Å²) in [6.07, 6.45) is 6.26. The van der Waals surface area contributed by atoms with Gasteiger partial charge in [-0.15, -0.1) is 0 Å². The van der Waals surface area contributed by atoms with E-state index in [9.17, 15) is 4.39 Å². The number of nitrogens with two attached hydrogens (primary N) is 1. The van der Waals surface area contributed by atoms with Crippen molar-refractivity contribution >= 4 is 11.6 Å². The van der Waals surface area contributed by atoms with Crippen molar-refractivity contribution in [3.63, 3.8) is 0 Å². The highest BCUT2D eigenvalue weighted by atomic mass is 35.5. The van der Waals surface area contributed by atoms with Gasteiger partial charge in [0.15, 0.2) is 0 Å². The summed E-state index contributed by atoms with van der Waals surface area (Å²) in [4.78, 5) is 0. The lowest BCUT2D eigenvalue weighted by molar-refractivity contribution is 0.321. The highest BCUT2D eigenvalue weighted by molar-refractivity contribution is 6.31. The summed E-state index contributed by atoms with van der Waals surface area (Å²) in [5, 5.41) is 0.626. The van der Waals surface area contributed by atoms with Crippen molar-refractivity contribution in [1.29, 1.82) is 0 Å². The molecule has 2 rings (SSSR count). The van der Waals surface area contributed by atoms with Gasteiger partial charge < -0.3 is 5.73 Å². The molecule has 3 heteroatoms. The van der Waals surface area contributed by atoms with Crippen molar-refractivity contribution in [2.45, 2.75) is 57.9 Å². The van der Waals surface area contributed by atoms with Crippen molar-refractivity contribution < 1.29 is 4.39 Å². The van der Waals surface area contributed by atoms with Gasteiger partial charge in [0.25, 0.3) is 0 Å². The molecule has 1 fully saturated rings. The zero-order valence-electron chi connectivity index (χ0n) is 12.5. The van der Waals surface area contributed by atoms with E-state index in [1.165, 1.54) is 25.0 Å². The predicted molar refractivity (Wildman–Crippen MR) is 83.4 cm³/mol. The fourth-order valence-electron chi connectivity index (χ4n) is 3.36. The molecule has 0 spiro atoms. The average molecular weight is 298 g/mol. The van der Waals surface area contributed by atoms with Crippen LogP contribution in [0.5, 0.6) is 0 Å². The molecule has 2 atom stereocenters. The number of hydrogen-bond donors (Lipinski definition) is 1. The van der Waals surface area contributed by atoms with Crippen LogP contribution < -0.4 is 5.73 Å². The molecule has 2 unspecified atom stereocenters. The molecule has 0 aromatic heterocycles. The van der Waals surface area contributed by atoms with Crippen molar-refractivity contribution in [3.05, 3.63) is 34.6 Å². The highest BCUT2D eigenvalue weighted by Gasteiger charge is 2.31. The molecule has 0 bridgehead atoms. The lowest BCUT2D eigenvalue weighted by atomic mass is 9.83. The van der Waals surface area contributed by atoms with Crippen LogP contribution in [0.25, 0.3) is 0 Å². The van der Waals surface area contributed by atoms with Crippen LogP contribution in [0.2, 0.25) is 5.02 Å². The standard InChI is InChI=1S/C17H25ClFN/c1-12(2)13-4-3-8-17(20,9-7-13)11-14-10-15(19)5-6-16(14)18/h5-6,10,12-13H,3-4,7-9,11,20H2,1-2H3. The molecule has 1 aliphatic rings. The third-order valence-corrected chi connectivity index (χ3v) is 5.12. The van der Waals surface area contributed by atoms with Crippen LogP contribution in [0, 0.1) is 17.7 Å². The summed E-state index contributed by atoms with van der Waals surface area (Å²) in [5.74, 6) is 1.25. The molecule has 1 saturated carbocycles. The number of rotatable bonds is 3. The molecule has 0 saturated heterocycles. The van der Waals surface area contributed by atoms with Crippen LogP contribution in [0.1, 0.15) is 51.5 Å². The molecular weight excluding hydrogens is 273 g/mol. The van der Waals surface area contributed by atoms with E-state index in [1.54, 1.807) is 6.07 Å². The fourth-order valence-corrected chi connectivity index (χ4v) is 3.54. The molecule has 1 aromatic rings. The van der Waals surface area contributed by atoms with Crippen LogP contribution in [0.3, 0.4) is 0 Å². The van der Waals surface area contributed by atoms with Gasteiger partial charge in [-0.3, -0.25) is 0 Å². The Morgan fingerprint density at radius 3 is 2.80 bits per heavy atom. The molecule has 0 aliphatic heterocycles. The lowest BCUT2D eigenvalue weighted by Gasteiger charge is -2.29. The first-order chi connectivity index (χ1) is 9.39. The minimum atomic E-state index is -0.235. The lowest BCUT2D eigenvalue weighted by Crippen LogP contribution is -2.41.